The summed E-state index contributed by atoms with van der Waals surface area (Å²) in [6, 6.07) is 8.19. The minimum atomic E-state index is -0.000162. The number of nitrogens with one attached hydrogen (secondary N) is 1. The van der Waals surface area contributed by atoms with Crippen LogP contribution >= 0.6 is 15.9 Å². The molecule has 1 N–H and O–H groups in total. The summed E-state index contributed by atoms with van der Waals surface area (Å²) in [5.41, 5.74) is 4.48. The van der Waals surface area contributed by atoms with Crippen LogP contribution in [0.4, 0.5) is 0 Å². The van der Waals surface area contributed by atoms with E-state index in [-0.39, 0.29) is 6.04 Å². The highest BCUT2D eigenvalue weighted by atomic mass is 79.9. The second kappa shape index (κ2) is 7.05. The number of nitrogens with zero attached hydrogens (tertiary/aromatic N) is 1. The predicted molar refractivity (Wildman–Crippen MR) is 89.9 cm³/mol. The highest BCUT2D eigenvalue weighted by Gasteiger charge is 2.22. The maximum absolute atomic E-state index is 5.66. The molecule has 0 aliphatic heterocycles. The SMILES string of the molecule is CCNC(c1ccc(C)c(C)c1OC)c1ncccc1Br. The molecule has 2 rings (SSSR count). The second-order valence-electron chi connectivity index (χ2n) is 4.99. The molecule has 2 aromatic rings. The van der Waals surface area contributed by atoms with Gasteiger partial charge in [0, 0.05) is 16.2 Å². The van der Waals surface area contributed by atoms with Crippen molar-refractivity contribution >= 4 is 15.9 Å². The Morgan fingerprint density at radius 2 is 2.05 bits per heavy atom. The van der Waals surface area contributed by atoms with E-state index in [0.717, 1.165) is 28.0 Å². The number of hydrogen-bond acceptors (Lipinski definition) is 3. The molecule has 1 heterocycles. The van der Waals surface area contributed by atoms with E-state index in [1.807, 2.05) is 18.3 Å². The molecule has 0 aliphatic rings. The maximum Gasteiger partial charge on any atom is 0.127 e. The van der Waals surface area contributed by atoms with E-state index in [4.69, 9.17) is 4.74 Å². The fourth-order valence-electron chi connectivity index (χ4n) is 2.48. The van der Waals surface area contributed by atoms with Crippen LogP contribution in [-0.2, 0) is 0 Å². The molecule has 0 fully saturated rings. The Morgan fingerprint density at radius 1 is 1.29 bits per heavy atom. The standard InChI is InChI=1S/C17H21BrN2O/c1-5-19-15(16-14(18)7-6-10-20-16)13-9-8-11(2)12(3)17(13)21-4/h6-10,15,19H,5H2,1-4H3. The average Bonchev–Trinajstić information content (AvgIpc) is 2.48. The average molecular weight is 349 g/mol. The zero-order chi connectivity index (χ0) is 15.4. The molecule has 1 unspecified atom stereocenters. The zero-order valence-corrected chi connectivity index (χ0v) is 14.5. The van der Waals surface area contributed by atoms with Gasteiger partial charge in [0.2, 0.25) is 0 Å². The monoisotopic (exact) mass is 348 g/mol. The van der Waals surface area contributed by atoms with Crippen LogP contribution in [0.1, 0.15) is 35.3 Å². The Balaban J connectivity index is 2.59. The van der Waals surface area contributed by atoms with Crippen molar-refractivity contribution in [1.29, 1.82) is 0 Å². The molecule has 0 spiro atoms. The number of hydrogen-bond donors (Lipinski definition) is 1. The highest BCUT2D eigenvalue weighted by Crippen LogP contribution is 2.35. The third-order valence-corrected chi connectivity index (χ3v) is 4.36. The van der Waals surface area contributed by atoms with Gasteiger partial charge in [-0.2, -0.15) is 0 Å². The zero-order valence-electron chi connectivity index (χ0n) is 12.9. The van der Waals surface area contributed by atoms with Gasteiger partial charge in [0.05, 0.1) is 18.8 Å². The van der Waals surface area contributed by atoms with Gasteiger partial charge in [-0.1, -0.05) is 19.1 Å². The Labute approximate surface area is 134 Å². The summed E-state index contributed by atoms with van der Waals surface area (Å²) >= 11 is 3.60. The van der Waals surface area contributed by atoms with Gasteiger partial charge in [-0.25, -0.2) is 0 Å². The third-order valence-electron chi connectivity index (χ3n) is 3.69. The molecule has 0 amide bonds. The summed E-state index contributed by atoms with van der Waals surface area (Å²) in [5, 5.41) is 3.50. The molecule has 21 heavy (non-hydrogen) atoms. The summed E-state index contributed by atoms with van der Waals surface area (Å²) in [6.45, 7) is 7.13. The van der Waals surface area contributed by atoms with Crippen LogP contribution in [0, 0.1) is 13.8 Å². The summed E-state index contributed by atoms with van der Waals surface area (Å²) in [7, 11) is 1.72. The summed E-state index contributed by atoms with van der Waals surface area (Å²) in [5.74, 6) is 0.929. The largest absolute Gasteiger partial charge is 0.496 e. The van der Waals surface area contributed by atoms with E-state index in [0.29, 0.717) is 0 Å². The second-order valence-corrected chi connectivity index (χ2v) is 5.85. The molecule has 1 aromatic heterocycles. The van der Waals surface area contributed by atoms with Gasteiger partial charge in [-0.15, -0.1) is 0 Å². The van der Waals surface area contributed by atoms with Crippen molar-refractivity contribution in [3.05, 3.63) is 57.3 Å². The first kappa shape index (κ1) is 16.0. The molecule has 0 aliphatic carbocycles. The number of rotatable bonds is 5. The van der Waals surface area contributed by atoms with Crippen LogP contribution in [0.5, 0.6) is 5.75 Å². The smallest absolute Gasteiger partial charge is 0.127 e. The molecular weight excluding hydrogens is 328 g/mol. The first-order valence-corrected chi connectivity index (χ1v) is 7.87. The molecule has 0 saturated carbocycles. The van der Waals surface area contributed by atoms with Crippen molar-refractivity contribution < 1.29 is 4.74 Å². The van der Waals surface area contributed by atoms with Crippen LogP contribution in [0.3, 0.4) is 0 Å². The van der Waals surface area contributed by atoms with Crippen molar-refractivity contribution in [1.82, 2.24) is 10.3 Å². The molecular formula is C17H21BrN2O. The van der Waals surface area contributed by atoms with Gasteiger partial charge >= 0.3 is 0 Å². The maximum atomic E-state index is 5.66. The molecule has 1 atom stereocenters. The van der Waals surface area contributed by atoms with Crippen molar-refractivity contribution in [3.63, 3.8) is 0 Å². The first-order chi connectivity index (χ1) is 10.1. The van der Waals surface area contributed by atoms with E-state index >= 15 is 0 Å². The molecule has 3 nitrogen and oxygen atoms in total. The summed E-state index contributed by atoms with van der Waals surface area (Å²) < 4.78 is 6.66. The van der Waals surface area contributed by atoms with Gasteiger partial charge in [0.25, 0.3) is 0 Å². The van der Waals surface area contributed by atoms with E-state index in [2.05, 4.69) is 59.1 Å². The van der Waals surface area contributed by atoms with E-state index in [1.54, 1.807) is 7.11 Å². The van der Waals surface area contributed by atoms with Crippen LogP contribution in [0.25, 0.3) is 0 Å². The fourth-order valence-corrected chi connectivity index (χ4v) is 2.96. The molecule has 1 aromatic carbocycles. The van der Waals surface area contributed by atoms with Gasteiger partial charge in [0.1, 0.15) is 5.75 Å². The Morgan fingerprint density at radius 3 is 2.67 bits per heavy atom. The normalized spacial score (nSPS) is 12.2. The number of pyridine rings is 1. The van der Waals surface area contributed by atoms with Gasteiger partial charge in [-0.05, 0) is 59.6 Å². The van der Waals surface area contributed by atoms with Crippen LogP contribution < -0.4 is 10.1 Å². The van der Waals surface area contributed by atoms with Crippen LogP contribution in [0.15, 0.2) is 34.9 Å². The lowest BCUT2D eigenvalue weighted by Crippen LogP contribution is -2.24. The number of aryl methyl sites for hydroxylation is 1. The number of methoxy groups -OCH3 is 1. The molecule has 0 bridgehead atoms. The van der Waals surface area contributed by atoms with Gasteiger partial charge < -0.3 is 10.1 Å². The summed E-state index contributed by atoms with van der Waals surface area (Å²) in [6.07, 6.45) is 1.82. The molecule has 112 valence electrons. The molecule has 4 heteroatoms. The predicted octanol–water partition coefficient (Wildman–Crippen LogP) is 4.17. The molecule has 0 radical (unpaired) electrons. The number of benzene rings is 1. The Bertz CT molecular complexity index is 628. The minimum absolute atomic E-state index is 0.000162. The van der Waals surface area contributed by atoms with Crippen LogP contribution in [0.2, 0.25) is 0 Å². The van der Waals surface area contributed by atoms with Crippen molar-refractivity contribution in [2.75, 3.05) is 13.7 Å². The van der Waals surface area contributed by atoms with E-state index in [9.17, 15) is 0 Å². The van der Waals surface area contributed by atoms with Gasteiger partial charge in [0.15, 0.2) is 0 Å². The number of ether oxygens (including phenoxy) is 1. The van der Waals surface area contributed by atoms with Crippen molar-refractivity contribution in [2.45, 2.75) is 26.8 Å². The number of aromatic nitrogens is 1. The Hall–Kier alpha value is -1.39. The lowest BCUT2D eigenvalue weighted by Gasteiger charge is -2.23. The quantitative estimate of drug-likeness (QED) is 0.880. The first-order valence-electron chi connectivity index (χ1n) is 7.08. The van der Waals surface area contributed by atoms with Crippen molar-refractivity contribution in [2.24, 2.45) is 0 Å². The summed E-state index contributed by atoms with van der Waals surface area (Å²) in [4.78, 5) is 4.54. The number of halogens is 1. The lowest BCUT2D eigenvalue weighted by molar-refractivity contribution is 0.400. The minimum Gasteiger partial charge on any atom is -0.496 e. The third kappa shape index (κ3) is 3.27. The molecule has 0 saturated heterocycles. The fraction of sp³-hybridized carbons (Fsp3) is 0.353. The van der Waals surface area contributed by atoms with E-state index < -0.39 is 0 Å². The Kier molecular flexibility index (Phi) is 5.37. The topological polar surface area (TPSA) is 34.1 Å². The van der Waals surface area contributed by atoms with Gasteiger partial charge in [-0.3, -0.25) is 4.98 Å². The van der Waals surface area contributed by atoms with E-state index in [1.165, 1.54) is 11.1 Å². The lowest BCUT2D eigenvalue weighted by atomic mass is 9.96. The highest BCUT2D eigenvalue weighted by molar-refractivity contribution is 9.10. The van der Waals surface area contributed by atoms with Crippen LogP contribution in [-0.4, -0.2) is 18.6 Å². The van der Waals surface area contributed by atoms with Crippen molar-refractivity contribution in [3.8, 4) is 5.75 Å².